The predicted octanol–water partition coefficient (Wildman–Crippen LogP) is 15.4. The Morgan fingerprint density at radius 3 is 2.08 bits per heavy atom. The van der Waals surface area contributed by atoms with Crippen molar-refractivity contribution >= 4 is 22.1 Å². The van der Waals surface area contributed by atoms with Gasteiger partial charge in [-0.1, -0.05) is 144 Å². The number of fused-ring (bicyclic) bond motifs is 2. The molecule has 319 valence electrons. The van der Waals surface area contributed by atoms with Crippen LogP contribution in [0.5, 0.6) is 0 Å². The Balaban J connectivity index is 0.000000257. The molecule has 1 radical (unpaired) electrons. The zero-order valence-corrected chi connectivity index (χ0v) is 38.5. The molecule has 1 aliphatic carbocycles. The van der Waals surface area contributed by atoms with Gasteiger partial charge in [-0.05, 0) is 95.2 Å². The van der Waals surface area contributed by atoms with Crippen LogP contribution in [0.25, 0.3) is 73.0 Å². The van der Waals surface area contributed by atoms with Gasteiger partial charge in [0.1, 0.15) is 0 Å². The van der Waals surface area contributed by atoms with Gasteiger partial charge in [-0.3, -0.25) is 4.98 Å². The van der Waals surface area contributed by atoms with Crippen molar-refractivity contribution < 1.29 is 32.7 Å². The first-order chi connectivity index (χ1) is 32.6. The van der Waals surface area contributed by atoms with Gasteiger partial charge in [0, 0.05) is 51.3 Å². The van der Waals surface area contributed by atoms with Crippen molar-refractivity contribution in [3.05, 3.63) is 180 Å². The molecule has 3 aromatic heterocycles. The molecular formula is C57H54IrN4O-2. The van der Waals surface area contributed by atoms with Crippen LogP contribution in [-0.2, 0) is 20.1 Å². The fraction of sp³-hybridized carbons (Fsp3) is 0.246. The summed E-state index contributed by atoms with van der Waals surface area (Å²) >= 11 is 0. The molecule has 0 saturated heterocycles. The van der Waals surface area contributed by atoms with Crippen molar-refractivity contribution in [3.63, 3.8) is 0 Å². The third-order valence-electron chi connectivity index (χ3n) is 12.0. The summed E-state index contributed by atoms with van der Waals surface area (Å²) in [4.78, 5) is 14.4. The van der Waals surface area contributed by atoms with E-state index >= 15 is 0 Å². The van der Waals surface area contributed by atoms with Crippen LogP contribution in [0.4, 0.5) is 0 Å². The van der Waals surface area contributed by atoms with E-state index in [1.807, 2.05) is 30.3 Å². The number of imidazole rings is 1. The molecular weight excluding hydrogens is 949 g/mol. The van der Waals surface area contributed by atoms with Crippen LogP contribution in [0, 0.1) is 25.8 Å². The van der Waals surface area contributed by atoms with Gasteiger partial charge in [0.2, 0.25) is 5.89 Å². The smallest absolute Gasteiger partial charge is 0.216 e. The van der Waals surface area contributed by atoms with Crippen LogP contribution in [0.15, 0.2) is 144 Å². The molecule has 10 rings (SSSR count). The first-order valence-corrected chi connectivity index (χ1v) is 21.8. The molecule has 0 unspecified atom stereocenters. The fourth-order valence-corrected chi connectivity index (χ4v) is 8.71. The third-order valence-corrected chi connectivity index (χ3v) is 12.0. The SMILES string of the molecule is CC(C)c1cccc(C(C)C)c1-n1c(-c2[c-]c3nc(-c4ccccc4)oc3c(-c3ccc(C4CCCCC4)cc3)c2)nc2ccccc21.[2H]C([2H])([2H])c1c[c-]c(-c2ccc(C([2H])([2H])[2H])cn2)cc1.[Ir]. The molecule has 5 nitrogen and oxygen atoms in total. The van der Waals surface area contributed by atoms with E-state index in [1.54, 1.807) is 12.1 Å². The van der Waals surface area contributed by atoms with Gasteiger partial charge in [-0.25, -0.2) is 4.98 Å². The van der Waals surface area contributed by atoms with Crippen molar-refractivity contribution in [1.29, 1.82) is 0 Å². The van der Waals surface area contributed by atoms with Crippen LogP contribution < -0.4 is 0 Å². The van der Waals surface area contributed by atoms with E-state index in [9.17, 15) is 0 Å². The molecule has 0 N–H and O–H groups in total. The molecule has 6 aromatic carbocycles. The van der Waals surface area contributed by atoms with Gasteiger partial charge < -0.3 is 14.0 Å². The second-order valence-electron chi connectivity index (χ2n) is 16.9. The van der Waals surface area contributed by atoms with E-state index in [4.69, 9.17) is 22.6 Å². The molecule has 0 amide bonds. The number of benzene rings is 6. The van der Waals surface area contributed by atoms with Crippen molar-refractivity contribution in [2.24, 2.45) is 0 Å². The minimum Gasteiger partial charge on any atom is -0.484 e. The van der Waals surface area contributed by atoms with Crippen molar-refractivity contribution in [3.8, 4) is 50.9 Å². The second kappa shape index (κ2) is 19.2. The molecule has 9 aromatic rings. The number of hydrogen-bond acceptors (Lipinski definition) is 4. The molecule has 0 atom stereocenters. The zero-order valence-electron chi connectivity index (χ0n) is 42.1. The minimum atomic E-state index is -2.18. The van der Waals surface area contributed by atoms with Gasteiger partial charge in [0.15, 0.2) is 0 Å². The Morgan fingerprint density at radius 1 is 0.698 bits per heavy atom. The van der Waals surface area contributed by atoms with E-state index in [0.717, 1.165) is 44.7 Å². The number of hydrogen-bond donors (Lipinski definition) is 0. The van der Waals surface area contributed by atoms with Crippen molar-refractivity contribution in [2.45, 2.75) is 91.3 Å². The topological polar surface area (TPSA) is 56.7 Å². The molecule has 1 fully saturated rings. The number of aromatic nitrogens is 4. The third kappa shape index (κ3) is 9.25. The maximum atomic E-state index is 7.28. The van der Waals surface area contributed by atoms with Gasteiger partial charge in [0.05, 0.1) is 22.4 Å². The molecule has 6 heteroatoms. The van der Waals surface area contributed by atoms with Gasteiger partial charge in [-0.15, -0.1) is 53.1 Å². The summed E-state index contributed by atoms with van der Waals surface area (Å²) in [5.74, 6) is 2.78. The predicted molar refractivity (Wildman–Crippen MR) is 256 cm³/mol. The molecule has 0 aliphatic heterocycles. The summed E-state index contributed by atoms with van der Waals surface area (Å²) in [6, 6.07) is 50.8. The first-order valence-electron chi connectivity index (χ1n) is 24.8. The number of pyridine rings is 1. The number of oxazole rings is 1. The number of rotatable bonds is 8. The van der Waals surface area contributed by atoms with E-state index in [0.29, 0.717) is 40.4 Å². The summed E-state index contributed by atoms with van der Waals surface area (Å²) < 4.78 is 52.6. The van der Waals surface area contributed by atoms with Crippen molar-refractivity contribution in [1.82, 2.24) is 19.5 Å². The molecule has 1 aliphatic rings. The Labute approximate surface area is 394 Å². The van der Waals surface area contributed by atoms with Crippen LogP contribution in [0.3, 0.4) is 0 Å². The van der Waals surface area contributed by atoms with Crippen molar-refractivity contribution in [2.75, 3.05) is 0 Å². The standard InChI is InChI=1S/C44H42N3O.C13H12N.Ir/c1-28(2)35-18-13-19-36(29(3)4)41(35)47-40-21-12-11-20-38(40)45-43(47)34-26-37(32-24-22-31(23-25-32)30-14-7-5-8-15-30)42-39(27-34)46-44(48-42)33-16-9-6-10-17-33;1-10-3-6-12(7-4-10)13-8-5-11(2)9-14-13;/h6,9-13,16-26,28-30H,5,7-8,14-15H2,1-4H3;3-6,8-9H,1-2H3;/q2*-1;/i;1D3,2D3;. The molecule has 1 saturated carbocycles. The Kier molecular flexibility index (Phi) is 11.1. The summed E-state index contributed by atoms with van der Waals surface area (Å²) in [5, 5.41) is 0. The van der Waals surface area contributed by atoms with E-state index < -0.39 is 13.7 Å². The van der Waals surface area contributed by atoms with E-state index in [1.165, 1.54) is 78.9 Å². The molecule has 0 spiro atoms. The first kappa shape index (κ1) is 36.5. The summed E-state index contributed by atoms with van der Waals surface area (Å²) in [7, 11) is 0. The number of para-hydroxylation sites is 3. The minimum absolute atomic E-state index is 0. The number of aryl methyl sites for hydroxylation is 2. The normalized spacial score (nSPS) is 14.8. The maximum Gasteiger partial charge on any atom is 0.216 e. The van der Waals surface area contributed by atoms with Gasteiger partial charge in [0.25, 0.3) is 0 Å². The Morgan fingerprint density at radius 2 is 1.41 bits per heavy atom. The van der Waals surface area contributed by atoms with Gasteiger partial charge in [-0.2, -0.15) is 0 Å². The fourth-order valence-electron chi connectivity index (χ4n) is 8.71. The van der Waals surface area contributed by atoms with Gasteiger partial charge >= 0.3 is 0 Å². The molecule has 3 heterocycles. The Hall–Kier alpha value is -5.94. The van der Waals surface area contributed by atoms with Crippen LogP contribution in [0.1, 0.15) is 114 Å². The summed E-state index contributed by atoms with van der Waals surface area (Å²) in [6.07, 6.45) is 7.87. The summed E-state index contributed by atoms with van der Waals surface area (Å²) in [6.45, 7) is 4.75. The van der Waals surface area contributed by atoms with Crippen LogP contribution in [0.2, 0.25) is 0 Å². The van der Waals surface area contributed by atoms with Crippen LogP contribution >= 0.6 is 0 Å². The quantitative estimate of drug-likeness (QED) is 0.142. The summed E-state index contributed by atoms with van der Waals surface area (Å²) in [5.41, 5.74) is 14.2. The average molecular weight is 1010 g/mol. The van der Waals surface area contributed by atoms with Crippen LogP contribution in [-0.4, -0.2) is 19.5 Å². The zero-order chi connectivity index (χ0) is 47.7. The average Bonchev–Trinajstić information content (AvgIpc) is 3.96. The Bertz CT molecular complexity index is 3090. The maximum absolute atomic E-state index is 7.28. The number of nitrogens with zero attached hydrogens (tertiary/aromatic N) is 4. The molecule has 0 bridgehead atoms. The van der Waals surface area contributed by atoms with E-state index in [-0.39, 0.29) is 31.2 Å². The monoisotopic (exact) mass is 1010 g/mol. The van der Waals surface area contributed by atoms with E-state index in [2.05, 4.69) is 122 Å². The largest absolute Gasteiger partial charge is 0.484 e. The second-order valence-corrected chi connectivity index (χ2v) is 16.9. The molecule has 63 heavy (non-hydrogen) atoms.